The van der Waals surface area contributed by atoms with Gasteiger partial charge in [-0.1, -0.05) is 6.92 Å². The molecule has 1 aromatic carbocycles. The molecule has 0 radical (unpaired) electrons. The van der Waals surface area contributed by atoms with Gasteiger partial charge in [-0.05, 0) is 24.1 Å². The van der Waals surface area contributed by atoms with Crippen molar-refractivity contribution in [1.29, 1.82) is 0 Å². The number of benzene rings is 1. The second kappa shape index (κ2) is 3.73. The standard InChI is InChI=1S/C11H10O4/c1-2-7-3-10-8(5-11(13)15-10)4-9(7)14-6-12/h3-4,6H,2,5H2,1H3. The molecule has 2 rings (SSSR count). The van der Waals surface area contributed by atoms with Crippen molar-refractivity contribution in [2.45, 2.75) is 19.8 Å². The summed E-state index contributed by atoms with van der Waals surface area (Å²) in [7, 11) is 0. The number of rotatable bonds is 3. The molecular formula is C11H10O4. The Bertz CT molecular complexity index is 423. The van der Waals surface area contributed by atoms with E-state index in [0.717, 1.165) is 11.1 Å². The summed E-state index contributed by atoms with van der Waals surface area (Å²) in [5.74, 6) is 0.815. The average Bonchev–Trinajstić information content (AvgIpc) is 2.56. The molecule has 1 aliphatic heterocycles. The zero-order valence-corrected chi connectivity index (χ0v) is 8.28. The maximum absolute atomic E-state index is 11.0. The van der Waals surface area contributed by atoms with Crippen LogP contribution >= 0.6 is 0 Å². The largest absolute Gasteiger partial charge is 0.428 e. The molecule has 0 bridgehead atoms. The fourth-order valence-corrected chi connectivity index (χ4v) is 1.63. The Morgan fingerprint density at radius 2 is 2.33 bits per heavy atom. The highest BCUT2D eigenvalue weighted by Gasteiger charge is 2.22. The lowest BCUT2D eigenvalue weighted by molar-refractivity contribution is -0.131. The minimum absolute atomic E-state index is 0.245. The first-order valence-corrected chi connectivity index (χ1v) is 4.71. The van der Waals surface area contributed by atoms with Crippen molar-refractivity contribution in [3.05, 3.63) is 23.3 Å². The van der Waals surface area contributed by atoms with Crippen LogP contribution in [0.25, 0.3) is 0 Å². The highest BCUT2D eigenvalue weighted by Crippen LogP contribution is 2.33. The van der Waals surface area contributed by atoms with Crippen molar-refractivity contribution in [3.63, 3.8) is 0 Å². The van der Waals surface area contributed by atoms with Crippen LogP contribution in [0.15, 0.2) is 12.1 Å². The number of ether oxygens (including phenoxy) is 2. The quantitative estimate of drug-likeness (QED) is 0.424. The monoisotopic (exact) mass is 206 g/mol. The van der Waals surface area contributed by atoms with Gasteiger partial charge in [0.15, 0.2) is 0 Å². The van der Waals surface area contributed by atoms with Gasteiger partial charge in [-0.2, -0.15) is 0 Å². The number of aryl methyl sites for hydroxylation is 1. The number of carbonyl (C=O) groups is 2. The van der Waals surface area contributed by atoms with Crippen molar-refractivity contribution in [2.75, 3.05) is 0 Å². The molecule has 1 heterocycles. The van der Waals surface area contributed by atoms with E-state index in [-0.39, 0.29) is 12.4 Å². The van der Waals surface area contributed by atoms with E-state index in [9.17, 15) is 9.59 Å². The molecule has 4 heteroatoms. The van der Waals surface area contributed by atoms with Gasteiger partial charge in [-0.15, -0.1) is 0 Å². The van der Waals surface area contributed by atoms with Gasteiger partial charge in [0.1, 0.15) is 11.5 Å². The smallest absolute Gasteiger partial charge is 0.315 e. The van der Waals surface area contributed by atoms with Gasteiger partial charge >= 0.3 is 5.97 Å². The zero-order chi connectivity index (χ0) is 10.8. The highest BCUT2D eigenvalue weighted by atomic mass is 16.5. The van der Waals surface area contributed by atoms with E-state index in [1.165, 1.54) is 0 Å². The topological polar surface area (TPSA) is 52.6 Å². The molecule has 0 saturated heterocycles. The maximum Gasteiger partial charge on any atom is 0.315 e. The minimum atomic E-state index is -0.268. The molecular weight excluding hydrogens is 196 g/mol. The first-order valence-electron chi connectivity index (χ1n) is 4.71. The summed E-state index contributed by atoms with van der Waals surface area (Å²) in [5, 5.41) is 0. The molecule has 15 heavy (non-hydrogen) atoms. The number of esters is 1. The van der Waals surface area contributed by atoms with Crippen LogP contribution in [0.4, 0.5) is 0 Å². The fraction of sp³-hybridized carbons (Fsp3) is 0.273. The first-order chi connectivity index (χ1) is 7.24. The molecule has 0 spiro atoms. The van der Waals surface area contributed by atoms with Crippen LogP contribution in [-0.4, -0.2) is 12.4 Å². The molecule has 0 N–H and O–H groups in total. The van der Waals surface area contributed by atoms with Crippen molar-refractivity contribution < 1.29 is 19.1 Å². The van der Waals surface area contributed by atoms with Crippen molar-refractivity contribution >= 4 is 12.4 Å². The fourth-order valence-electron chi connectivity index (χ4n) is 1.63. The van der Waals surface area contributed by atoms with E-state index in [1.54, 1.807) is 12.1 Å². The SMILES string of the molecule is CCc1cc2c(cc1OC=O)CC(=O)O2. The number of fused-ring (bicyclic) bond motifs is 1. The normalized spacial score (nSPS) is 13.3. The molecule has 0 aromatic heterocycles. The van der Waals surface area contributed by atoms with Crippen LogP contribution in [0, 0.1) is 0 Å². The molecule has 0 saturated carbocycles. The number of hydrogen-bond donors (Lipinski definition) is 0. The van der Waals surface area contributed by atoms with Crippen molar-refractivity contribution in [2.24, 2.45) is 0 Å². The van der Waals surface area contributed by atoms with Crippen LogP contribution in [0.1, 0.15) is 18.1 Å². The molecule has 0 atom stereocenters. The van der Waals surface area contributed by atoms with E-state index >= 15 is 0 Å². The lowest BCUT2D eigenvalue weighted by Gasteiger charge is -2.07. The lowest BCUT2D eigenvalue weighted by Crippen LogP contribution is -2.00. The third kappa shape index (κ3) is 1.70. The van der Waals surface area contributed by atoms with Crippen molar-refractivity contribution in [1.82, 2.24) is 0 Å². The molecule has 1 aliphatic rings. The number of carbonyl (C=O) groups excluding carboxylic acids is 2. The summed E-state index contributed by atoms with van der Waals surface area (Å²) in [4.78, 5) is 21.3. The lowest BCUT2D eigenvalue weighted by atomic mass is 10.1. The summed E-state index contributed by atoms with van der Waals surface area (Å²) in [6, 6.07) is 3.44. The van der Waals surface area contributed by atoms with E-state index in [1.807, 2.05) is 6.92 Å². The molecule has 0 fully saturated rings. The summed E-state index contributed by atoms with van der Waals surface area (Å²) >= 11 is 0. The first kappa shape index (κ1) is 9.71. The van der Waals surface area contributed by atoms with Gasteiger partial charge in [0.05, 0.1) is 6.42 Å². The van der Waals surface area contributed by atoms with Crippen LogP contribution in [0.3, 0.4) is 0 Å². The highest BCUT2D eigenvalue weighted by molar-refractivity contribution is 5.81. The second-order valence-electron chi connectivity index (χ2n) is 3.29. The van der Waals surface area contributed by atoms with Crippen molar-refractivity contribution in [3.8, 4) is 11.5 Å². The van der Waals surface area contributed by atoms with Gasteiger partial charge in [0.25, 0.3) is 6.47 Å². The third-order valence-electron chi connectivity index (χ3n) is 2.36. The zero-order valence-electron chi connectivity index (χ0n) is 8.28. The van der Waals surface area contributed by atoms with Gasteiger partial charge in [-0.25, -0.2) is 0 Å². The summed E-state index contributed by atoms with van der Waals surface area (Å²) < 4.78 is 9.84. The van der Waals surface area contributed by atoms with Crippen LogP contribution in [-0.2, 0) is 22.4 Å². The molecule has 78 valence electrons. The number of hydrogen-bond acceptors (Lipinski definition) is 4. The van der Waals surface area contributed by atoms with E-state index in [2.05, 4.69) is 0 Å². The Kier molecular flexibility index (Phi) is 2.41. The van der Waals surface area contributed by atoms with Gasteiger partial charge < -0.3 is 9.47 Å². The van der Waals surface area contributed by atoms with E-state index in [0.29, 0.717) is 24.4 Å². The Morgan fingerprint density at radius 3 is 3.00 bits per heavy atom. The molecule has 0 unspecified atom stereocenters. The van der Waals surface area contributed by atoms with E-state index in [4.69, 9.17) is 9.47 Å². The predicted molar refractivity (Wildman–Crippen MR) is 51.9 cm³/mol. The van der Waals surface area contributed by atoms with Gasteiger partial charge in [-0.3, -0.25) is 9.59 Å². The maximum atomic E-state index is 11.0. The summed E-state index contributed by atoms with van der Waals surface area (Å²) in [6.45, 7) is 2.33. The molecule has 0 amide bonds. The Balaban J connectivity index is 2.45. The van der Waals surface area contributed by atoms with Crippen LogP contribution in [0.2, 0.25) is 0 Å². The Hall–Kier alpha value is -1.84. The van der Waals surface area contributed by atoms with Gasteiger partial charge in [0, 0.05) is 5.56 Å². The van der Waals surface area contributed by atoms with Crippen LogP contribution in [0.5, 0.6) is 11.5 Å². The minimum Gasteiger partial charge on any atom is -0.428 e. The summed E-state index contributed by atoms with van der Waals surface area (Å²) in [5.41, 5.74) is 1.63. The molecule has 1 aromatic rings. The van der Waals surface area contributed by atoms with E-state index < -0.39 is 0 Å². The van der Waals surface area contributed by atoms with Gasteiger partial charge in [0.2, 0.25) is 0 Å². The molecule has 4 nitrogen and oxygen atoms in total. The van der Waals surface area contributed by atoms with Crippen LogP contribution < -0.4 is 9.47 Å². The second-order valence-corrected chi connectivity index (χ2v) is 3.29. The summed E-state index contributed by atoms with van der Waals surface area (Å²) in [6.07, 6.45) is 0.961. The Morgan fingerprint density at radius 1 is 1.53 bits per heavy atom. The molecule has 0 aliphatic carbocycles. The third-order valence-corrected chi connectivity index (χ3v) is 2.36. The predicted octanol–water partition coefficient (Wildman–Crippen LogP) is 1.25. The average molecular weight is 206 g/mol. The Labute approximate surface area is 86.8 Å².